The molecule has 0 aliphatic rings. The Morgan fingerprint density at radius 1 is 0.500 bits per heavy atom. The normalized spacial score (nSPS) is 12.5. The fourth-order valence-electron chi connectivity index (χ4n) is 3.67. The van der Waals surface area contributed by atoms with E-state index < -0.39 is 13.2 Å². The van der Waals surface area contributed by atoms with Gasteiger partial charge in [0.05, 0.1) is 0 Å². The van der Waals surface area contributed by atoms with Crippen molar-refractivity contribution in [3.8, 4) is 0 Å². The zero-order valence-electron chi connectivity index (χ0n) is 15.3. The predicted octanol–water partition coefficient (Wildman–Crippen LogP) is 5.79. The third-order valence-corrected chi connectivity index (χ3v) is 9.29. The molecule has 0 N–H and O–H groups in total. The van der Waals surface area contributed by atoms with Gasteiger partial charge in [0.15, 0.2) is 7.26 Å². The molecule has 0 saturated carbocycles. The SMILES string of the molecule is Fc1ccc(C(F)[P+](c2ccccc2)(c2ccccc2)c2ccccc2)cc1. The molecule has 0 radical (unpaired) electrons. The number of alkyl halides is 1. The Morgan fingerprint density at radius 2 is 0.857 bits per heavy atom. The van der Waals surface area contributed by atoms with Crippen LogP contribution in [0.3, 0.4) is 0 Å². The van der Waals surface area contributed by atoms with Crippen molar-refractivity contribution in [2.75, 3.05) is 0 Å². The predicted molar refractivity (Wildman–Crippen MR) is 115 cm³/mol. The number of hydrogen-bond donors (Lipinski definition) is 0. The summed E-state index contributed by atoms with van der Waals surface area (Å²) in [6, 6.07) is 35.3. The minimum absolute atomic E-state index is 0.362. The largest absolute Gasteiger partial charge is 0.244 e. The fraction of sp³-hybridized carbons (Fsp3) is 0.0400. The van der Waals surface area contributed by atoms with Crippen LogP contribution in [-0.2, 0) is 0 Å². The number of hydrogen-bond acceptors (Lipinski definition) is 0. The standard InChI is InChI=1S/C25H20F2P/c26-21-18-16-20(17-19-21)25(27)28(22-10-4-1-5-11-22,23-12-6-2-7-13-23)24-14-8-3-9-15-24/h1-19,25H/q+1. The van der Waals surface area contributed by atoms with E-state index in [0.717, 1.165) is 15.9 Å². The summed E-state index contributed by atoms with van der Waals surface area (Å²) in [5.74, 6) is -1.65. The fourth-order valence-corrected chi connectivity index (χ4v) is 7.90. The van der Waals surface area contributed by atoms with E-state index >= 15 is 4.39 Å². The van der Waals surface area contributed by atoms with E-state index in [2.05, 4.69) is 0 Å². The van der Waals surface area contributed by atoms with Gasteiger partial charge in [-0.2, -0.15) is 4.39 Å². The summed E-state index contributed by atoms with van der Waals surface area (Å²) in [5, 5.41) is 2.89. The summed E-state index contributed by atoms with van der Waals surface area (Å²) in [6.45, 7) is 0. The maximum Gasteiger partial charge on any atom is 0.244 e. The van der Waals surface area contributed by atoms with Gasteiger partial charge in [0.2, 0.25) is 5.91 Å². The molecule has 0 aliphatic heterocycles. The summed E-state index contributed by atoms with van der Waals surface area (Å²) >= 11 is 0. The van der Waals surface area contributed by atoms with Crippen LogP contribution in [0, 0.1) is 5.82 Å². The lowest BCUT2D eigenvalue weighted by molar-refractivity contribution is 0.460. The smallest absolute Gasteiger partial charge is 0.207 e. The van der Waals surface area contributed by atoms with Crippen LogP contribution >= 0.6 is 7.26 Å². The second-order valence-corrected chi connectivity index (χ2v) is 10.1. The Hall–Kier alpha value is -2.83. The van der Waals surface area contributed by atoms with Gasteiger partial charge in [-0.05, 0) is 60.7 Å². The van der Waals surface area contributed by atoms with Gasteiger partial charge in [-0.25, -0.2) is 4.39 Å². The van der Waals surface area contributed by atoms with Crippen molar-refractivity contribution >= 4 is 23.2 Å². The average molecular weight is 389 g/mol. The van der Waals surface area contributed by atoms with Gasteiger partial charge in [-0.3, -0.25) is 0 Å². The zero-order chi connectivity index (χ0) is 19.4. The van der Waals surface area contributed by atoms with E-state index in [9.17, 15) is 4.39 Å². The van der Waals surface area contributed by atoms with Crippen molar-refractivity contribution in [3.63, 3.8) is 0 Å². The Balaban J connectivity index is 2.05. The molecule has 4 aromatic carbocycles. The molecular weight excluding hydrogens is 369 g/mol. The lowest BCUT2D eigenvalue weighted by Gasteiger charge is -2.30. The number of halogens is 2. The first kappa shape index (κ1) is 18.5. The quantitative estimate of drug-likeness (QED) is 0.379. The van der Waals surface area contributed by atoms with E-state index in [1.54, 1.807) is 12.1 Å². The highest BCUT2D eigenvalue weighted by molar-refractivity contribution is 7.95. The first-order valence-corrected chi connectivity index (χ1v) is 11.0. The van der Waals surface area contributed by atoms with Crippen LogP contribution in [0.15, 0.2) is 115 Å². The van der Waals surface area contributed by atoms with Crippen molar-refractivity contribution in [2.45, 2.75) is 5.91 Å². The second-order valence-electron chi connectivity index (χ2n) is 6.62. The minimum Gasteiger partial charge on any atom is -0.207 e. The van der Waals surface area contributed by atoms with Crippen LogP contribution in [0.25, 0.3) is 0 Å². The average Bonchev–Trinajstić information content (AvgIpc) is 2.77. The lowest BCUT2D eigenvalue weighted by atomic mass is 10.2. The number of benzene rings is 4. The van der Waals surface area contributed by atoms with Gasteiger partial charge >= 0.3 is 0 Å². The minimum atomic E-state index is -2.67. The van der Waals surface area contributed by atoms with Crippen LogP contribution in [-0.4, -0.2) is 0 Å². The van der Waals surface area contributed by atoms with Gasteiger partial charge in [0.25, 0.3) is 0 Å². The molecule has 3 heteroatoms. The Bertz CT molecular complexity index is 920. The molecule has 1 unspecified atom stereocenters. The summed E-state index contributed by atoms with van der Waals surface area (Å²) < 4.78 is 30.1. The van der Waals surface area contributed by atoms with Crippen LogP contribution in [0.2, 0.25) is 0 Å². The molecule has 138 valence electrons. The second kappa shape index (κ2) is 8.04. The lowest BCUT2D eigenvalue weighted by Crippen LogP contribution is -2.34. The summed E-state index contributed by atoms with van der Waals surface area (Å²) in [4.78, 5) is 0. The van der Waals surface area contributed by atoms with E-state index in [-0.39, 0.29) is 5.82 Å². The van der Waals surface area contributed by atoms with E-state index in [1.165, 1.54) is 12.1 Å². The van der Waals surface area contributed by atoms with Crippen molar-refractivity contribution in [2.24, 2.45) is 0 Å². The van der Waals surface area contributed by atoms with Gasteiger partial charge in [0.1, 0.15) is 21.7 Å². The first-order chi connectivity index (χ1) is 13.7. The van der Waals surface area contributed by atoms with Crippen LogP contribution in [0.4, 0.5) is 8.78 Å². The maximum atomic E-state index is 16.6. The third-order valence-electron chi connectivity index (χ3n) is 4.98. The molecule has 0 fully saturated rings. The topological polar surface area (TPSA) is 0 Å². The molecule has 0 aromatic heterocycles. The first-order valence-electron chi connectivity index (χ1n) is 9.18. The van der Waals surface area contributed by atoms with Crippen molar-refractivity contribution in [3.05, 3.63) is 127 Å². The van der Waals surface area contributed by atoms with Crippen molar-refractivity contribution in [1.82, 2.24) is 0 Å². The van der Waals surface area contributed by atoms with Crippen LogP contribution < -0.4 is 15.9 Å². The Labute approximate surface area is 164 Å². The van der Waals surface area contributed by atoms with Gasteiger partial charge in [-0.15, -0.1) is 0 Å². The molecule has 0 nitrogen and oxygen atoms in total. The Morgan fingerprint density at radius 3 is 1.21 bits per heavy atom. The molecule has 28 heavy (non-hydrogen) atoms. The van der Waals surface area contributed by atoms with E-state index in [0.29, 0.717) is 5.56 Å². The molecule has 0 spiro atoms. The number of rotatable bonds is 5. The van der Waals surface area contributed by atoms with Gasteiger partial charge < -0.3 is 0 Å². The molecule has 0 bridgehead atoms. The molecule has 0 amide bonds. The molecular formula is C25H20F2P+. The van der Waals surface area contributed by atoms with Gasteiger partial charge in [-0.1, -0.05) is 54.6 Å². The highest BCUT2D eigenvalue weighted by Crippen LogP contribution is 2.67. The molecule has 4 aromatic rings. The van der Waals surface area contributed by atoms with E-state index in [1.807, 2.05) is 91.0 Å². The van der Waals surface area contributed by atoms with Crippen molar-refractivity contribution < 1.29 is 8.78 Å². The third kappa shape index (κ3) is 3.25. The zero-order valence-corrected chi connectivity index (χ0v) is 16.1. The molecule has 0 aliphatic carbocycles. The highest BCUT2D eigenvalue weighted by atomic mass is 31.2. The molecule has 0 saturated heterocycles. The summed E-state index contributed by atoms with van der Waals surface area (Å²) in [5.41, 5.74) is 0.492. The van der Waals surface area contributed by atoms with Gasteiger partial charge in [0, 0.05) is 5.56 Å². The van der Waals surface area contributed by atoms with E-state index in [4.69, 9.17) is 0 Å². The Kier molecular flexibility index (Phi) is 5.32. The van der Waals surface area contributed by atoms with Crippen molar-refractivity contribution in [1.29, 1.82) is 0 Å². The molecule has 4 rings (SSSR count). The summed E-state index contributed by atoms with van der Waals surface area (Å²) in [6.07, 6.45) is 0. The monoisotopic (exact) mass is 389 g/mol. The molecule has 1 atom stereocenters. The maximum absolute atomic E-state index is 16.6. The highest BCUT2D eigenvalue weighted by Gasteiger charge is 2.53. The van der Waals surface area contributed by atoms with Crippen LogP contribution in [0.5, 0.6) is 0 Å². The summed E-state index contributed by atoms with van der Waals surface area (Å²) in [7, 11) is -2.67. The molecule has 0 heterocycles. The van der Waals surface area contributed by atoms with Crippen LogP contribution in [0.1, 0.15) is 11.5 Å².